The average molecular weight is 671 g/mol. The summed E-state index contributed by atoms with van der Waals surface area (Å²) in [5.74, 6) is 1.02. The number of hydrogen-bond acceptors (Lipinski definition) is 8. The van der Waals surface area contributed by atoms with E-state index in [0.29, 0.717) is 32.2 Å². The van der Waals surface area contributed by atoms with Crippen molar-refractivity contribution in [3.63, 3.8) is 0 Å². The normalized spacial score (nSPS) is 17.4. The number of aliphatic hydroxyl groups is 1. The van der Waals surface area contributed by atoms with Crippen LogP contribution in [0.15, 0.2) is 102 Å². The van der Waals surface area contributed by atoms with E-state index in [1.165, 1.54) is 0 Å². The summed E-state index contributed by atoms with van der Waals surface area (Å²) < 4.78 is 18.7. The number of carbonyl (C=O) groups excluding carboxylic acids is 2. The smallest absolute Gasteiger partial charge is 0.243 e. The topological polar surface area (TPSA) is 126 Å². The van der Waals surface area contributed by atoms with Crippen LogP contribution in [-0.4, -0.2) is 41.1 Å². The lowest BCUT2D eigenvalue weighted by Crippen LogP contribution is -2.31. The number of thioether (sulfide) groups is 1. The van der Waals surface area contributed by atoms with Crippen molar-refractivity contribution < 1.29 is 34.1 Å². The largest absolute Gasteiger partial charge is 0.496 e. The molecule has 2 amide bonds. The molecule has 9 nitrogen and oxygen atoms in total. The lowest BCUT2D eigenvalue weighted by atomic mass is 9.97. The summed E-state index contributed by atoms with van der Waals surface area (Å²) in [4.78, 5) is 24.7. The van der Waals surface area contributed by atoms with Crippen molar-refractivity contribution in [3.05, 3.63) is 119 Å². The zero-order chi connectivity index (χ0) is 33.7. The summed E-state index contributed by atoms with van der Waals surface area (Å²) in [5, 5.41) is 21.1. The Labute approximate surface area is 285 Å². The number of para-hydroxylation sites is 1. The van der Waals surface area contributed by atoms with E-state index < -0.39 is 12.2 Å². The average Bonchev–Trinajstić information content (AvgIpc) is 3.15. The van der Waals surface area contributed by atoms with Gasteiger partial charge in [0.05, 0.1) is 25.9 Å². The van der Waals surface area contributed by atoms with E-state index in [2.05, 4.69) is 11.4 Å². The van der Waals surface area contributed by atoms with Gasteiger partial charge < -0.3 is 24.6 Å². The molecule has 0 spiro atoms. The van der Waals surface area contributed by atoms with Gasteiger partial charge in [0.25, 0.3) is 0 Å². The number of carbonyl (C=O) groups is 2. The van der Waals surface area contributed by atoms with Gasteiger partial charge in [-0.1, -0.05) is 84.9 Å². The molecule has 252 valence electrons. The Morgan fingerprint density at radius 3 is 2.27 bits per heavy atom. The van der Waals surface area contributed by atoms with Crippen molar-refractivity contribution in [1.29, 1.82) is 0 Å². The minimum Gasteiger partial charge on any atom is -0.496 e. The van der Waals surface area contributed by atoms with E-state index in [1.54, 1.807) is 24.4 Å². The van der Waals surface area contributed by atoms with Crippen molar-refractivity contribution in [2.24, 2.45) is 0 Å². The van der Waals surface area contributed by atoms with Crippen molar-refractivity contribution in [3.8, 4) is 16.9 Å². The molecule has 1 aliphatic heterocycles. The van der Waals surface area contributed by atoms with Crippen LogP contribution >= 0.6 is 11.8 Å². The molecule has 4 aromatic carbocycles. The highest BCUT2D eigenvalue weighted by atomic mass is 32.2. The molecule has 4 aromatic rings. The van der Waals surface area contributed by atoms with Gasteiger partial charge in [-0.3, -0.25) is 14.8 Å². The zero-order valence-corrected chi connectivity index (χ0v) is 27.8. The van der Waals surface area contributed by atoms with Crippen LogP contribution in [-0.2, 0) is 32.2 Å². The van der Waals surface area contributed by atoms with Gasteiger partial charge in [0.15, 0.2) is 6.29 Å². The summed E-state index contributed by atoms with van der Waals surface area (Å²) in [6, 6.07) is 32.0. The first-order valence-corrected chi connectivity index (χ1v) is 17.1. The standard InChI is InChI=1S/C38H42N2O7S/c1-45-33-10-4-5-11-35(33)48-25-31-22-34(28-16-14-26(24-41)15-17-28)47-38(46-31)29-20-18-27(19-21-29)32-9-3-2-8-30(32)23-39-36(42)12-6-7-13-37(43)40-44/h2-5,8-11,14-21,31,34,38,41,44H,6-7,12-13,22-25H2,1H3,(H,39,42)(H,40,43). The molecule has 3 unspecified atom stereocenters. The lowest BCUT2D eigenvalue weighted by Gasteiger charge is -2.36. The maximum absolute atomic E-state index is 12.4. The number of methoxy groups -OCH3 is 1. The van der Waals surface area contributed by atoms with Crippen molar-refractivity contribution >= 4 is 23.6 Å². The Kier molecular flexibility index (Phi) is 13.0. The molecule has 0 radical (unpaired) electrons. The predicted octanol–water partition coefficient (Wildman–Crippen LogP) is 6.87. The molecule has 1 saturated heterocycles. The Morgan fingerprint density at radius 2 is 1.54 bits per heavy atom. The molecule has 0 aromatic heterocycles. The van der Waals surface area contributed by atoms with E-state index in [9.17, 15) is 14.7 Å². The molecule has 4 N–H and O–H groups in total. The minimum absolute atomic E-state index is 0.00898. The molecule has 10 heteroatoms. The van der Waals surface area contributed by atoms with Crippen LogP contribution in [0, 0.1) is 0 Å². The molecule has 5 rings (SSSR count). The van der Waals surface area contributed by atoms with Crippen LogP contribution in [0.25, 0.3) is 11.1 Å². The number of unbranched alkanes of at least 4 members (excludes halogenated alkanes) is 1. The zero-order valence-electron chi connectivity index (χ0n) is 27.0. The number of ether oxygens (including phenoxy) is 3. The molecule has 0 saturated carbocycles. The summed E-state index contributed by atoms with van der Waals surface area (Å²) >= 11 is 1.70. The van der Waals surface area contributed by atoms with Gasteiger partial charge in [-0.2, -0.15) is 0 Å². The SMILES string of the molecule is COc1ccccc1SCC1CC(c2ccc(CO)cc2)OC(c2ccc(-c3ccccc3CNC(=O)CCCCC(=O)NO)cc2)O1. The summed E-state index contributed by atoms with van der Waals surface area (Å²) in [7, 11) is 1.68. The van der Waals surface area contributed by atoms with Crippen molar-refractivity contribution in [2.45, 2.75) is 68.6 Å². The Hall–Kier alpha value is -4.19. The first-order valence-electron chi connectivity index (χ1n) is 16.1. The quantitative estimate of drug-likeness (QED) is 0.0467. The maximum atomic E-state index is 12.4. The lowest BCUT2D eigenvalue weighted by molar-refractivity contribution is -0.245. The Morgan fingerprint density at radius 1 is 0.854 bits per heavy atom. The molecular weight excluding hydrogens is 628 g/mol. The van der Waals surface area contributed by atoms with E-state index in [0.717, 1.165) is 49.8 Å². The van der Waals surface area contributed by atoms with Gasteiger partial charge in [-0.25, -0.2) is 5.48 Å². The van der Waals surface area contributed by atoms with Gasteiger partial charge in [-0.15, -0.1) is 11.8 Å². The van der Waals surface area contributed by atoms with Crippen molar-refractivity contribution in [1.82, 2.24) is 10.8 Å². The van der Waals surface area contributed by atoms with E-state index in [4.69, 9.17) is 19.4 Å². The third kappa shape index (κ3) is 9.68. The molecule has 1 fully saturated rings. The van der Waals surface area contributed by atoms with Gasteiger partial charge in [0.1, 0.15) is 5.75 Å². The number of nitrogens with one attached hydrogen (secondary N) is 2. The molecule has 3 atom stereocenters. The summed E-state index contributed by atoms with van der Waals surface area (Å²) in [6.07, 6.45) is 1.41. The number of hydroxylamine groups is 1. The fourth-order valence-corrected chi connectivity index (χ4v) is 6.68. The van der Waals surface area contributed by atoms with Crippen LogP contribution in [0.1, 0.15) is 66.8 Å². The van der Waals surface area contributed by atoms with Crippen LogP contribution in [0.4, 0.5) is 0 Å². The second kappa shape index (κ2) is 17.8. The molecular formula is C38H42N2O7S. The Bertz CT molecular complexity index is 1630. The molecule has 0 aliphatic carbocycles. The molecule has 48 heavy (non-hydrogen) atoms. The van der Waals surface area contributed by atoms with Gasteiger partial charge in [0, 0.05) is 42.0 Å². The number of amides is 2. The number of rotatable bonds is 15. The highest BCUT2D eigenvalue weighted by Gasteiger charge is 2.32. The third-order valence-corrected chi connectivity index (χ3v) is 9.47. The van der Waals surface area contributed by atoms with Gasteiger partial charge >= 0.3 is 0 Å². The van der Waals surface area contributed by atoms with E-state index in [1.807, 2.05) is 91.0 Å². The second-order valence-electron chi connectivity index (χ2n) is 11.6. The highest BCUT2D eigenvalue weighted by Crippen LogP contribution is 2.41. The number of hydrogen-bond donors (Lipinski definition) is 4. The van der Waals surface area contributed by atoms with Crippen LogP contribution in [0.3, 0.4) is 0 Å². The highest BCUT2D eigenvalue weighted by molar-refractivity contribution is 7.99. The first kappa shape index (κ1) is 35.1. The van der Waals surface area contributed by atoms with Crippen LogP contribution in [0.5, 0.6) is 5.75 Å². The molecule has 0 bridgehead atoms. The fraction of sp³-hybridized carbons (Fsp3) is 0.316. The van der Waals surface area contributed by atoms with Crippen molar-refractivity contribution in [2.75, 3.05) is 12.9 Å². The number of aliphatic hydroxyl groups excluding tert-OH is 1. The summed E-state index contributed by atoms with van der Waals surface area (Å²) in [5.41, 5.74) is 7.42. The monoisotopic (exact) mass is 670 g/mol. The predicted molar refractivity (Wildman–Crippen MR) is 184 cm³/mol. The third-order valence-electron chi connectivity index (χ3n) is 8.28. The molecule has 1 aliphatic rings. The first-order chi connectivity index (χ1) is 23.5. The Balaban J connectivity index is 1.27. The van der Waals surface area contributed by atoms with Crippen LogP contribution < -0.4 is 15.5 Å². The number of benzene rings is 4. The molecule has 1 heterocycles. The van der Waals surface area contributed by atoms with Crippen LogP contribution in [0.2, 0.25) is 0 Å². The van der Waals surface area contributed by atoms with Gasteiger partial charge in [0.2, 0.25) is 11.8 Å². The fourth-order valence-electron chi connectivity index (χ4n) is 5.63. The minimum atomic E-state index is -0.573. The van der Waals surface area contributed by atoms with E-state index >= 15 is 0 Å². The van der Waals surface area contributed by atoms with E-state index in [-0.39, 0.29) is 31.1 Å². The maximum Gasteiger partial charge on any atom is 0.243 e. The second-order valence-corrected chi connectivity index (χ2v) is 12.7. The van der Waals surface area contributed by atoms with Gasteiger partial charge in [-0.05, 0) is 52.8 Å². The summed E-state index contributed by atoms with van der Waals surface area (Å²) in [6.45, 7) is 0.371.